The molecule has 1 aromatic carbocycles. The van der Waals surface area contributed by atoms with E-state index in [0.29, 0.717) is 0 Å². The second kappa shape index (κ2) is 5.56. The molecule has 94 valence electrons. The van der Waals surface area contributed by atoms with Crippen LogP contribution >= 0.6 is 0 Å². The van der Waals surface area contributed by atoms with Gasteiger partial charge in [-0.2, -0.15) is 8.78 Å². The molecular formula is C11H11F3O3. The van der Waals surface area contributed by atoms with Crippen molar-refractivity contribution in [3.8, 4) is 5.75 Å². The maximum atomic E-state index is 13.3. The van der Waals surface area contributed by atoms with Gasteiger partial charge in [0, 0.05) is 10.9 Å². The zero-order valence-corrected chi connectivity index (χ0v) is 9.08. The summed E-state index contributed by atoms with van der Waals surface area (Å²) in [4.78, 5) is 14.3. The Bertz CT molecular complexity index is 376. The average molecular weight is 248 g/mol. The molecule has 0 amide bonds. The van der Waals surface area contributed by atoms with E-state index < -0.39 is 18.3 Å². The first kappa shape index (κ1) is 13.3. The lowest BCUT2D eigenvalue weighted by molar-refractivity contribution is -0.171. The third-order valence-corrected chi connectivity index (χ3v) is 2.01. The van der Waals surface area contributed by atoms with E-state index in [9.17, 15) is 18.1 Å². The molecular weight excluding hydrogens is 237 g/mol. The second-order valence-electron chi connectivity index (χ2n) is 3.32. The minimum atomic E-state index is -3.59. The molecule has 0 saturated carbocycles. The van der Waals surface area contributed by atoms with Crippen molar-refractivity contribution in [2.24, 2.45) is 0 Å². The van der Waals surface area contributed by atoms with Gasteiger partial charge in [0.25, 0.3) is 0 Å². The van der Waals surface area contributed by atoms with Crippen LogP contribution in [0.2, 0.25) is 0 Å². The Morgan fingerprint density at radius 1 is 1.29 bits per heavy atom. The maximum Gasteiger partial charge on any atom is 0.377 e. The Labute approximate surface area is 96.0 Å². The summed E-state index contributed by atoms with van der Waals surface area (Å²) in [7, 11) is 0. The highest BCUT2D eigenvalue weighted by Gasteiger charge is 2.40. The number of hydrogen-bond donors (Lipinski definition) is 0. The van der Waals surface area contributed by atoms with E-state index in [4.69, 9.17) is 0 Å². The summed E-state index contributed by atoms with van der Waals surface area (Å²) in [6, 6.07) is 4.89. The fourth-order valence-electron chi connectivity index (χ4n) is 1.22. The lowest BCUT2D eigenvalue weighted by Gasteiger charge is -2.14. The molecule has 0 aliphatic carbocycles. The van der Waals surface area contributed by atoms with Crippen molar-refractivity contribution in [2.75, 3.05) is 6.61 Å². The van der Waals surface area contributed by atoms with Crippen LogP contribution in [0, 0.1) is 0 Å². The lowest BCUT2D eigenvalue weighted by atomic mass is 10.1. The molecule has 0 radical (unpaired) electrons. The zero-order chi connectivity index (χ0) is 12.9. The standard InChI is InChI=1S/C11H11F3O3/c1-2-16-10(15)11(12,13)7-8-3-5-9(17-14)6-4-8/h3-6H,2,7H2,1H3. The summed E-state index contributed by atoms with van der Waals surface area (Å²) >= 11 is 0. The predicted octanol–water partition coefficient (Wildman–Crippen LogP) is 2.69. The minimum absolute atomic E-state index is 0.0896. The third kappa shape index (κ3) is 3.65. The van der Waals surface area contributed by atoms with Crippen molar-refractivity contribution < 1.29 is 27.8 Å². The molecule has 0 spiro atoms. The van der Waals surface area contributed by atoms with Crippen molar-refractivity contribution in [3.05, 3.63) is 29.8 Å². The largest absolute Gasteiger partial charge is 0.462 e. The van der Waals surface area contributed by atoms with Gasteiger partial charge in [0.2, 0.25) is 0 Å². The Morgan fingerprint density at radius 2 is 1.88 bits per heavy atom. The third-order valence-electron chi connectivity index (χ3n) is 2.01. The van der Waals surface area contributed by atoms with Gasteiger partial charge in [-0.05, 0) is 24.6 Å². The number of carbonyl (C=O) groups excluding carboxylic acids is 1. The fraction of sp³-hybridized carbons (Fsp3) is 0.364. The van der Waals surface area contributed by atoms with Gasteiger partial charge in [0.1, 0.15) is 0 Å². The number of halogens is 3. The number of carbonyl (C=O) groups is 1. The van der Waals surface area contributed by atoms with E-state index in [1.807, 2.05) is 0 Å². The summed E-state index contributed by atoms with van der Waals surface area (Å²) in [5.74, 6) is -5.24. The van der Waals surface area contributed by atoms with Crippen LogP contribution in [0.25, 0.3) is 0 Å². The van der Waals surface area contributed by atoms with Crippen molar-refractivity contribution >= 4 is 5.97 Å². The number of hydrogen-bond acceptors (Lipinski definition) is 3. The summed E-state index contributed by atoms with van der Waals surface area (Å²) in [6.07, 6.45) is -0.793. The van der Waals surface area contributed by atoms with E-state index in [1.165, 1.54) is 31.2 Å². The van der Waals surface area contributed by atoms with Gasteiger partial charge in [-0.15, -0.1) is 0 Å². The van der Waals surface area contributed by atoms with E-state index in [1.54, 1.807) is 0 Å². The molecule has 0 unspecified atom stereocenters. The Balaban J connectivity index is 2.71. The van der Waals surface area contributed by atoms with Crippen LogP contribution in [-0.4, -0.2) is 18.5 Å². The van der Waals surface area contributed by atoms with Gasteiger partial charge in [-0.1, -0.05) is 12.1 Å². The van der Waals surface area contributed by atoms with Crippen LogP contribution in [0.1, 0.15) is 12.5 Å². The van der Waals surface area contributed by atoms with Crippen LogP contribution in [0.5, 0.6) is 5.75 Å². The van der Waals surface area contributed by atoms with Crippen LogP contribution in [-0.2, 0) is 16.0 Å². The highest BCUT2D eigenvalue weighted by Crippen LogP contribution is 2.23. The van der Waals surface area contributed by atoms with Crippen LogP contribution in [0.4, 0.5) is 13.3 Å². The quantitative estimate of drug-likeness (QED) is 0.751. The molecule has 1 rings (SSSR count). The van der Waals surface area contributed by atoms with Gasteiger partial charge in [0.15, 0.2) is 5.75 Å². The van der Waals surface area contributed by atoms with E-state index in [2.05, 4.69) is 9.68 Å². The molecule has 6 heteroatoms. The SMILES string of the molecule is CCOC(=O)C(F)(F)Cc1ccc(OF)cc1. The molecule has 0 aliphatic rings. The summed E-state index contributed by atoms with van der Waals surface area (Å²) in [6.45, 7) is 1.34. The van der Waals surface area contributed by atoms with Gasteiger partial charge in [-0.25, -0.2) is 4.79 Å². The molecule has 0 aliphatic heterocycles. The topological polar surface area (TPSA) is 35.5 Å². The molecule has 0 N–H and O–H groups in total. The molecule has 17 heavy (non-hydrogen) atoms. The van der Waals surface area contributed by atoms with E-state index in [-0.39, 0.29) is 17.9 Å². The lowest BCUT2D eigenvalue weighted by Crippen LogP contribution is -2.33. The first-order valence-corrected chi connectivity index (χ1v) is 4.92. The molecule has 0 heterocycles. The van der Waals surface area contributed by atoms with Crippen LogP contribution in [0.3, 0.4) is 0 Å². The monoisotopic (exact) mass is 248 g/mol. The Hall–Kier alpha value is -1.72. The number of esters is 1. The first-order chi connectivity index (χ1) is 7.99. The zero-order valence-electron chi connectivity index (χ0n) is 9.08. The number of ether oxygens (including phenoxy) is 1. The normalized spacial score (nSPS) is 11.1. The Morgan fingerprint density at radius 3 is 2.35 bits per heavy atom. The summed E-state index contributed by atoms with van der Waals surface area (Å²) < 4.78 is 42.5. The molecule has 0 aromatic heterocycles. The predicted molar refractivity (Wildman–Crippen MR) is 53.5 cm³/mol. The summed E-state index contributed by atoms with van der Waals surface area (Å²) in [5.41, 5.74) is 0.184. The minimum Gasteiger partial charge on any atom is -0.462 e. The molecule has 0 bridgehead atoms. The maximum absolute atomic E-state index is 13.3. The second-order valence-corrected chi connectivity index (χ2v) is 3.32. The van der Waals surface area contributed by atoms with Crippen molar-refractivity contribution in [2.45, 2.75) is 19.3 Å². The van der Waals surface area contributed by atoms with Gasteiger partial charge in [-0.3, -0.25) is 4.94 Å². The highest BCUT2D eigenvalue weighted by atomic mass is 19.3. The first-order valence-electron chi connectivity index (χ1n) is 4.92. The molecule has 0 atom stereocenters. The number of benzene rings is 1. The fourth-order valence-corrected chi connectivity index (χ4v) is 1.22. The van der Waals surface area contributed by atoms with Gasteiger partial charge >= 0.3 is 11.9 Å². The van der Waals surface area contributed by atoms with Crippen molar-refractivity contribution in [3.63, 3.8) is 0 Å². The molecule has 0 saturated heterocycles. The molecule has 1 aromatic rings. The average Bonchev–Trinajstić information content (AvgIpc) is 2.30. The molecule has 3 nitrogen and oxygen atoms in total. The number of alkyl halides is 2. The van der Waals surface area contributed by atoms with Gasteiger partial charge in [0.05, 0.1) is 6.61 Å². The highest BCUT2D eigenvalue weighted by molar-refractivity contribution is 5.77. The Kier molecular flexibility index (Phi) is 4.37. The van der Waals surface area contributed by atoms with E-state index >= 15 is 0 Å². The van der Waals surface area contributed by atoms with Crippen molar-refractivity contribution in [1.82, 2.24) is 0 Å². The van der Waals surface area contributed by atoms with E-state index in [0.717, 1.165) is 0 Å². The van der Waals surface area contributed by atoms with Gasteiger partial charge < -0.3 is 4.74 Å². The van der Waals surface area contributed by atoms with Crippen LogP contribution < -0.4 is 4.94 Å². The van der Waals surface area contributed by atoms with Crippen molar-refractivity contribution in [1.29, 1.82) is 0 Å². The molecule has 0 fully saturated rings. The van der Waals surface area contributed by atoms with Crippen LogP contribution in [0.15, 0.2) is 24.3 Å². The summed E-state index contributed by atoms with van der Waals surface area (Å²) in [5, 5.41) is 0. The smallest absolute Gasteiger partial charge is 0.377 e. The number of rotatable bonds is 5.